The Labute approximate surface area is 163 Å². The molecule has 1 saturated heterocycles. The highest BCUT2D eigenvalue weighted by molar-refractivity contribution is 6.35. The Kier molecular flexibility index (Phi) is 7.11. The Morgan fingerprint density at radius 1 is 1.04 bits per heavy atom. The molecule has 28 heavy (non-hydrogen) atoms. The average molecular weight is 385 g/mol. The van der Waals surface area contributed by atoms with Crippen LogP contribution in [0.2, 0.25) is 0 Å². The molecule has 0 aliphatic carbocycles. The molecule has 1 atom stereocenters. The van der Waals surface area contributed by atoms with Crippen LogP contribution in [-0.4, -0.2) is 49.5 Å². The second kappa shape index (κ2) is 9.96. The monoisotopic (exact) mass is 385 g/mol. The van der Waals surface area contributed by atoms with E-state index in [1.54, 1.807) is 12.1 Å². The molecule has 0 radical (unpaired) electrons. The number of carbonyl (C=O) groups excluding carboxylic acids is 2. The fourth-order valence-corrected chi connectivity index (χ4v) is 3.05. The van der Waals surface area contributed by atoms with Gasteiger partial charge in [0.25, 0.3) is 0 Å². The van der Waals surface area contributed by atoms with Crippen molar-refractivity contribution in [1.29, 1.82) is 0 Å². The second-order valence-corrected chi connectivity index (χ2v) is 6.64. The van der Waals surface area contributed by atoms with E-state index in [0.29, 0.717) is 19.7 Å². The number of halogens is 1. The molecule has 6 nitrogen and oxygen atoms in total. The summed E-state index contributed by atoms with van der Waals surface area (Å²) in [4.78, 5) is 26.0. The molecule has 0 bridgehead atoms. The van der Waals surface area contributed by atoms with E-state index in [4.69, 9.17) is 4.74 Å². The van der Waals surface area contributed by atoms with Crippen LogP contribution in [0.5, 0.6) is 0 Å². The fraction of sp³-hybridized carbons (Fsp3) is 0.333. The molecule has 2 amide bonds. The number of hydrogen-bond acceptors (Lipinski definition) is 4. The zero-order valence-electron chi connectivity index (χ0n) is 15.6. The van der Waals surface area contributed by atoms with E-state index in [2.05, 4.69) is 15.5 Å². The van der Waals surface area contributed by atoms with Gasteiger partial charge in [0.1, 0.15) is 5.82 Å². The number of carbonyl (C=O) groups is 2. The van der Waals surface area contributed by atoms with Crippen molar-refractivity contribution in [3.63, 3.8) is 0 Å². The van der Waals surface area contributed by atoms with Gasteiger partial charge in [-0.15, -0.1) is 0 Å². The summed E-state index contributed by atoms with van der Waals surface area (Å²) in [6.07, 6.45) is 0.0182. The first kappa shape index (κ1) is 20.0. The van der Waals surface area contributed by atoms with Crippen molar-refractivity contribution in [3.8, 4) is 0 Å². The molecule has 1 aliphatic heterocycles. The lowest BCUT2D eigenvalue weighted by molar-refractivity contribution is -0.139. The lowest BCUT2D eigenvalue weighted by Gasteiger charge is -2.33. The second-order valence-electron chi connectivity index (χ2n) is 6.64. The highest BCUT2D eigenvalue weighted by atomic mass is 19.1. The van der Waals surface area contributed by atoms with Gasteiger partial charge in [0.15, 0.2) is 0 Å². The Balaban J connectivity index is 1.37. The predicted molar refractivity (Wildman–Crippen MR) is 103 cm³/mol. The Bertz CT molecular complexity index is 783. The Hall–Kier alpha value is -2.77. The Morgan fingerprint density at radius 2 is 1.75 bits per heavy atom. The molecule has 1 heterocycles. The highest BCUT2D eigenvalue weighted by Gasteiger charge is 2.22. The number of morpholine rings is 1. The third-order valence-electron chi connectivity index (χ3n) is 4.61. The predicted octanol–water partition coefficient (Wildman–Crippen LogP) is 1.63. The third-order valence-corrected chi connectivity index (χ3v) is 4.61. The van der Waals surface area contributed by atoms with Crippen molar-refractivity contribution in [2.45, 2.75) is 12.6 Å². The van der Waals surface area contributed by atoms with E-state index in [0.717, 1.165) is 24.2 Å². The zero-order chi connectivity index (χ0) is 19.8. The number of ether oxygens (including phenoxy) is 1. The SMILES string of the molecule is O=C(NCCN1CCOC(c2ccccc2)C1)C(=O)NCc1ccc(F)cc1. The van der Waals surface area contributed by atoms with E-state index in [1.165, 1.54) is 12.1 Å². The average Bonchev–Trinajstić information content (AvgIpc) is 2.74. The molecule has 148 valence electrons. The molecule has 1 fully saturated rings. The van der Waals surface area contributed by atoms with Crippen molar-refractivity contribution in [1.82, 2.24) is 15.5 Å². The first-order chi connectivity index (χ1) is 13.6. The van der Waals surface area contributed by atoms with Gasteiger partial charge < -0.3 is 15.4 Å². The lowest BCUT2D eigenvalue weighted by atomic mass is 10.1. The number of rotatable bonds is 6. The summed E-state index contributed by atoms with van der Waals surface area (Å²) in [6, 6.07) is 15.8. The van der Waals surface area contributed by atoms with Gasteiger partial charge in [-0.3, -0.25) is 14.5 Å². The standard InChI is InChI=1S/C21H24FN3O3/c22-18-8-6-16(7-9-18)14-24-21(27)20(26)23-10-11-25-12-13-28-19(15-25)17-4-2-1-3-5-17/h1-9,19H,10-15H2,(H,23,26)(H,24,27). The molecule has 2 aromatic carbocycles. The van der Waals surface area contributed by atoms with Gasteiger partial charge in [0, 0.05) is 32.7 Å². The van der Waals surface area contributed by atoms with Crippen molar-refractivity contribution in [3.05, 3.63) is 71.5 Å². The van der Waals surface area contributed by atoms with Gasteiger partial charge in [0.2, 0.25) is 0 Å². The summed E-state index contributed by atoms with van der Waals surface area (Å²) < 4.78 is 18.7. The van der Waals surface area contributed by atoms with Crippen LogP contribution in [-0.2, 0) is 20.9 Å². The van der Waals surface area contributed by atoms with Crippen LogP contribution in [0.1, 0.15) is 17.2 Å². The lowest BCUT2D eigenvalue weighted by Crippen LogP contribution is -2.45. The first-order valence-electron chi connectivity index (χ1n) is 9.31. The summed E-state index contributed by atoms with van der Waals surface area (Å²) in [5.74, 6) is -1.71. The van der Waals surface area contributed by atoms with E-state index in [1.807, 2.05) is 30.3 Å². The summed E-state index contributed by atoms with van der Waals surface area (Å²) in [5, 5.41) is 5.16. The fourth-order valence-electron chi connectivity index (χ4n) is 3.05. The summed E-state index contributed by atoms with van der Waals surface area (Å²) in [6.45, 7) is 3.36. The third kappa shape index (κ3) is 5.87. The number of amides is 2. The minimum Gasteiger partial charge on any atom is -0.371 e. The van der Waals surface area contributed by atoms with Crippen LogP contribution < -0.4 is 10.6 Å². The smallest absolute Gasteiger partial charge is 0.309 e. The minimum absolute atomic E-state index is 0.0182. The van der Waals surface area contributed by atoms with Gasteiger partial charge >= 0.3 is 11.8 Å². The summed E-state index contributed by atoms with van der Waals surface area (Å²) in [5.41, 5.74) is 1.86. The van der Waals surface area contributed by atoms with Gasteiger partial charge in [-0.05, 0) is 23.3 Å². The molecule has 7 heteroatoms. The molecule has 1 aliphatic rings. The maximum Gasteiger partial charge on any atom is 0.309 e. The van der Waals surface area contributed by atoms with Gasteiger partial charge in [-0.2, -0.15) is 0 Å². The normalized spacial score (nSPS) is 17.1. The number of benzene rings is 2. The van der Waals surface area contributed by atoms with Crippen molar-refractivity contribution < 1.29 is 18.7 Å². The van der Waals surface area contributed by atoms with E-state index >= 15 is 0 Å². The molecule has 0 saturated carbocycles. The molecule has 3 rings (SSSR count). The zero-order valence-corrected chi connectivity index (χ0v) is 15.6. The van der Waals surface area contributed by atoms with Crippen LogP contribution in [0.4, 0.5) is 4.39 Å². The summed E-state index contributed by atoms with van der Waals surface area (Å²) >= 11 is 0. The van der Waals surface area contributed by atoms with Crippen LogP contribution in [0.3, 0.4) is 0 Å². The largest absolute Gasteiger partial charge is 0.371 e. The van der Waals surface area contributed by atoms with Crippen LogP contribution >= 0.6 is 0 Å². The minimum atomic E-state index is -0.700. The van der Waals surface area contributed by atoms with E-state index < -0.39 is 11.8 Å². The molecule has 0 spiro atoms. The Morgan fingerprint density at radius 3 is 2.50 bits per heavy atom. The molecule has 2 aromatic rings. The molecule has 0 aromatic heterocycles. The molecular formula is C21H24FN3O3. The highest BCUT2D eigenvalue weighted by Crippen LogP contribution is 2.21. The van der Waals surface area contributed by atoms with Gasteiger partial charge in [0.05, 0.1) is 12.7 Å². The van der Waals surface area contributed by atoms with Crippen molar-refractivity contribution in [2.24, 2.45) is 0 Å². The van der Waals surface area contributed by atoms with Crippen LogP contribution in [0.15, 0.2) is 54.6 Å². The first-order valence-corrected chi connectivity index (χ1v) is 9.31. The van der Waals surface area contributed by atoms with Crippen molar-refractivity contribution >= 4 is 11.8 Å². The maximum absolute atomic E-state index is 12.9. The number of hydrogen-bond donors (Lipinski definition) is 2. The number of nitrogens with zero attached hydrogens (tertiary/aromatic N) is 1. The molecular weight excluding hydrogens is 361 g/mol. The molecule has 2 N–H and O–H groups in total. The maximum atomic E-state index is 12.9. The molecule has 1 unspecified atom stereocenters. The number of nitrogens with one attached hydrogen (secondary N) is 2. The topological polar surface area (TPSA) is 70.7 Å². The van der Waals surface area contributed by atoms with Gasteiger partial charge in [-0.1, -0.05) is 42.5 Å². The van der Waals surface area contributed by atoms with Crippen LogP contribution in [0, 0.1) is 5.82 Å². The van der Waals surface area contributed by atoms with Gasteiger partial charge in [-0.25, -0.2) is 4.39 Å². The van der Waals surface area contributed by atoms with E-state index in [-0.39, 0.29) is 18.5 Å². The van der Waals surface area contributed by atoms with E-state index in [9.17, 15) is 14.0 Å². The quantitative estimate of drug-likeness (QED) is 0.742. The van der Waals surface area contributed by atoms with Crippen LogP contribution in [0.25, 0.3) is 0 Å². The van der Waals surface area contributed by atoms with Crippen molar-refractivity contribution in [2.75, 3.05) is 32.8 Å². The summed E-state index contributed by atoms with van der Waals surface area (Å²) in [7, 11) is 0.